The average molecular weight is 374 g/mol. The molecule has 7 nitrogen and oxygen atoms in total. The average Bonchev–Trinajstić information content (AvgIpc) is 3.14. The number of nitrogens with zero attached hydrogens (tertiary/aromatic N) is 2. The number of carbonyl (C=O) groups excluding carboxylic acids is 1. The molecule has 0 fully saturated rings. The molecule has 1 aromatic heterocycles. The minimum atomic E-state index is -0.308. The lowest BCUT2D eigenvalue weighted by Crippen LogP contribution is -2.28. The predicted molar refractivity (Wildman–Crippen MR) is 95.1 cm³/mol. The molecule has 0 unspecified atom stereocenters. The number of methoxy groups -OCH3 is 1. The maximum absolute atomic E-state index is 11.9. The van der Waals surface area contributed by atoms with Crippen LogP contribution in [0.15, 0.2) is 52.9 Å². The fourth-order valence-electron chi connectivity index (χ4n) is 2.16. The first kappa shape index (κ1) is 17.8. The maximum Gasteiger partial charge on any atom is 0.258 e. The zero-order chi connectivity index (χ0) is 18.4. The standard InChI is InChI=1S/C18H16ClN3O4/c1-24-15-5-3-2-4-14(15)18-22-21-17(26-18)10-20-16(23)11-25-13-8-6-12(19)7-9-13/h2-9H,10-11H2,1H3,(H,20,23). The van der Waals surface area contributed by atoms with Gasteiger partial charge < -0.3 is 19.2 Å². The second-order valence-electron chi connectivity index (χ2n) is 5.22. The Balaban J connectivity index is 1.53. The van der Waals surface area contributed by atoms with Gasteiger partial charge in [0.2, 0.25) is 5.89 Å². The van der Waals surface area contributed by atoms with Crippen molar-refractivity contribution < 1.29 is 18.7 Å². The summed E-state index contributed by atoms with van der Waals surface area (Å²) in [5.74, 6) is 1.48. The van der Waals surface area contributed by atoms with E-state index in [-0.39, 0.29) is 24.9 Å². The number of benzene rings is 2. The molecule has 1 heterocycles. The highest BCUT2D eigenvalue weighted by Gasteiger charge is 2.13. The Morgan fingerprint density at radius 1 is 1.15 bits per heavy atom. The molecule has 0 aliphatic carbocycles. The third-order valence-corrected chi connectivity index (χ3v) is 3.68. The molecule has 0 saturated heterocycles. The summed E-state index contributed by atoms with van der Waals surface area (Å²) in [6.45, 7) is -0.0277. The van der Waals surface area contributed by atoms with E-state index in [9.17, 15) is 4.79 Å². The van der Waals surface area contributed by atoms with Crippen LogP contribution < -0.4 is 14.8 Å². The molecule has 0 saturated carbocycles. The van der Waals surface area contributed by atoms with Crippen molar-refractivity contribution in [1.82, 2.24) is 15.5 Å². The number of halogens is 1. The fraction of sp³-hybridized carbons (Fsp3) is 0.167. The molecule has 134 valence electrons. The van der Waals surface area contributed by atoms with E-state index in [0.717, 1.165) is 0 Å². The molecule has 3 aromatic rings. The molecule has 0 aliphatic heterocycles. The molecule has 26 heavy (non-hydrogen) atoms. The first-order valence-corrected chi connectivity index (χ1v) is 8.14. The Hall–Kier alpha value is -3.06. The van der Waals surface area contributed by atoms with E-state index in [1.54, 1.807) is 37.4 Å². The summed E-state index contributed by atoms with van der Waals surface area (Å²) in [7, 11) is 1.57. The van der Waals surface area contributed by atoms with Crippen LogP contribution in [-0.4, -0.2) is 29.8 Å². The van der Waals surface area contributed by atoms with Crippen molar-refractivity contribution in [1.29, 1.82) is 0 Å². The van der Waals surface area contributed by atoms with Crippen molar-refractivity contribution in [2.75, 3.05) is 13.7 Å². The molecule has 0 spiro atoms. The number of nitrogens with one attached hydrogen (secondary N) is 1. The lowest BCUT2D eigenvalue weighted by Gasteiger charge is -2.06. The highest BCUT2D eigenvalue weighted by Crippen LogP contribution is 2.28. The van der Waals surface area contributed by atoms with Crippen molar-refractivity contribution >= 4 is 17.5 Å². The molecule has 0 atom stereocenters. The minimum absolute atomic E-state index is 0.102. The highest BCUT2D eigenvalue weighted by atomic mass is 35.5. The molecule has 2 aromatic carbocycles. The van der Waals surface area contributed by atoms with Gasteiger partial charge in [0.1, 0.15) is 11.5 Å². The van der Waals surface area contributed by atoms with Gasteiger partial charge in [-0.25, -0.2) is 0 Å². The summed E-state index contributed by atoms with van der Waals surface area (Å²) in [6.07, 6.45) is 0. The Morgan fingerprint density at radius 3 is 2.69 bits per heavy atom. The van der Waals surface area contributed by atoms with Gasteiger partial charge in [0.15, 0.2) is 6.61 Å². The number of amides is 1. The number of hydrogen-bond donors (Lipinski definition) is 1. The second-order valence-corrected chi connectivity index (χ2v) is 5.66. The van der Waals surface area contributed by atoms with Crippen molar-refractivity contribution in [3.63, 3.8) is 0 Å². The van der Waals surface area contributed by atoms with Gasteiger partial charge in [-0.1, -0.05) is 23.7 Å². The largest absolute Gasteiger partial charge is 0.496 e. The molecule has 1 amide bonds. The Bertz CT molecular complexity index is 880. The van der Waals surface area contributed by atoms with Crippen LogP contribution in [-0.2, 0) is 11.3 Å². The van der Waals surface area contributed by atoms with Crippen LogP contribution in [0.2, 0.25) is 5.02 Å². The van der Waals surface area contributed by atoms with Crippen molar-refractivity contribution in [3.8, 4) is 23.0 Å². The van der Waals surface area contributed by atoms with Gasteiger partial charge in [-0.15, -0.1) is 10.2 Å². The van der Waals surface area contributed by atoms with Crippen LogP contribution in [0.4, 0.5) is 0 Å². The topological polar surface area (TPSA) is 86.5 Å². The fourth-order valence-corrected chi connectivity index (χ4v) is 2.29. The Morgan fingerprint density at radius 2 is 1.92 bits per heavy atom. The van der Waals surface area contributed by atoms with Crippen LogP contribution in [0.25, 0.3) is 11.5 Å². The number of rotatable bonds is 7. The van der Waals surface area contributed by atoms with Gasteiger partial charge in [0, 0.05) is 5.02 Å². The number of aromatic nitrogens is 2. The zero-order valence-electron chi connectivity index (χ0n) is 13.9. The lowest BCUT2D eigenvalue weighted by molar-refractivity contribution is -0.123. The molecular formula is C18H16ClN3O4. The summed E-state index contributed by atoms with van der Waals surface area (Å²) < 4.78 is 16.2. The van der Waals surface area contributed by atoms with E-state index in [4.69, 9.17) is 25.5 Å². The molecule has 0 radical (unpaired) electrons. The van der Waals surface area contributed by atoms with E-state index >= 15 is 0 Å². The molecular weight excluding hydrogens is 358 g/mol. The third-order valence-electron chi connectivity index (χ3n) is 3.42. The van der Waals surface area contributed by atoms with Gasteiger partial charge in [0.05, 0.1) is 19.2 Å². The molecule has 0 aliphatic rings. The second kappa shape index (κ2) is 8.35. The van der Waals surface area contributed by atoms with Crippen LogP contribution in [0.1, 0.15) is 5.89 Å². The summed E-state index contributed by atoms with van der Waals surface area (Å²) in [5.41, 5.74) is 0.686. The number of hydrogen-bond acceptors (Lipinski definition) is 6. The monoisotopic (exact) mass is 373 g/mol. The van der Waals surface area contributed by atoms with Crippen molar-refractivity contribution in [2.24, 2.45) is 0 Å². The SMILES string of the molecule is COc1ccccc1-c1nnc(CNC(=O)COc2ccc(Cl)cc2)o1. The van der Waals surface area contributed by atoms with Crippen LogP contribution in [0.3, 0.4) is 0 Å². The van der Waals surface area contributed by atoms with E-state index in [2.05, 4.69) is 15.5 Å². The van der Waals surface area contributed by atoms with Crippen LogP contribution >= 0.6 is 11.6 Å². The number of para-hydroxylation sites is 1. The number of carbonyl (C=O) groups is 1. The number of ether oxygens (including phenoxy) is 2. The first-order chi connectivity index (χ1) is 12.7. The van der Waals surface area contributed by atoms with Gasteiger partial charge in [-0.05, 0) is 36.4 Å². The quantitative estimate of drug-likeness (QED) is 0.684. The summed E-state index contributed by atoms with van der Waals surface area (Å²) in [6, 6.07) is 14.1. The Kier molecular flexibility index (Phi) is 5.70. The molecule has 0 bridgehead atoms. The molecule has 3 rings (SSSR count). The summed E-state index contributed by atoms with van der Waals surface area (Å²) in [4.78, 5) is 11.9. The normalized spacial score (nSPS) is 10.4. The predicted octanol–water partition coefficient (Wildman–Crippen LogP) is 3.09. The van der Waals surface area contributed by atoms with Crippen molar-refractivity contribution in [3.05, 3.63) is 59.4 Å². The van der Waals surface area contributed by atoms with E-state index < -0.39 is 0 Å². The van der Waals surface area contributed by atoms with Gasteiger partial charge in [-0.2, -0.15) is 0 Å². The van der Waals surface area contributed by atoms with Crippen LogP contribution in [0.5, 0.6) is 11.5 Å². The smallest absolute Gasteiger partial charge is 0.258 e. The minimum Gasteiger partial charge on any atom is -0.496 e. The van der Waals surface area contributed by atoms with E-state index in [1.807, 2.05) is 18.2 Å². The van der Waals surface area contributed by atoms with E-state index in [1.165, 1.54) is 0 Å². The zero-order valence-corrected chi connectivity index (χ0v) is 14.7. The summed E-state index contributed by atoms with van der Waals surface area (Å²) >= 11 is 5.79. The van der Waals surface area contributed by atoms with Gasteiger partial charge in [-0.3, -0.25) is 4.79 Å². The first-order valence-electron chi connectivity index (χ1n) is 7.76. The van der Waals surface area contributed by atoms with E-state index in [0.29, 0.717) is 28.0 Å². The molecule has 8 heteroatoms. The van der Waals surface area contributed by atoms with Gasteiger partial charge in [0.25, 0.3) is 11.8 Å². The molecule has 1 N–H and O–H groups in total. The van der Waals surface area contributed by atoms with Gasteiger partial charge >= 0.3 is 0 Å². The third kappa shape index (κ3) is 4.52. The Labute approximate surface area is 154 Å². The summed E-state index contributed by atoms with van der Waals surface area (Å²) in [5, 5.41) is 11.2. The van der Waals surface area contributed by atoms with Crippen LogP contribution in [0, 0.1) is 0 Å². The highest BCUT2D eigenvalue weighted by molar-refractivity contribution is 6.30. The van der Waals surface area contributed by atoms with Crippen molar-refractivity contribution in [2.45, 2.75) is 6.54 Å². The maximum atomic E-state index is 11.9. The lowest BCUT2D eigenvalue weighted by atomic mass is 10.2.